The largest absolute Gasteiger partial charge is 0.368 e. The van der Waals surface area contributed by atoms with Crippen molar-refractivity contribution in [3.63, 3.8) is 0 Å². The first kappa shape index (κ1) is 18.1. The Hall–Kier alpha value is -2.91. The summed E-state index contributed by atoms with van der Waals surface area (Å²) in [6, 6.07) is 0. The van der Waals surface area contributed by atoms with Crippen LogP contribution in [0.15, 0.2) is 0 Å². The second kappa shape index (κ2) is 6.57. The summed E-state index contributed by atoms with van der Waals surface area (Å²) in [5.41, 5.74) is 5.81. The Morgan fingerprint density at radius 2 is 0.897 bits per heavy atom. The number of hydrogen-bond donors (Lipinski definition) is 1. The summed E-state index contributed by atoms with van der Waals surface area (Å²) in [6.45, 7) is 0. The van der Waals surface area contributed by atoms with Gasteiger partial charge < -0.3 is 5.73 Å². The summed E-state index contributed by atoms with van der Waals surface area (Å²) in [5, 5.41) is 0. The highest BCUT2D eigenvalue weighted by atomic mass is 16.2. The monoisotopic (exact) mass is 398 g/mol. The Labute approximate surface area is 166 Å². The van der Waals surface area contributed by atoms with Crippen LogP contribution in [-0.4, -0.2) is 38.6 Å². The molecule has 4 unspecified atom stereocenters. The van der Waals surface area contributed by atoms with Gasteiger partial charge in [0.05, 0.1) is 23.7 Å². The molecular formula is C19H22N6O4. The maximum atomic E-state index is 12.8. The van der Waals surface area contributed by atoms with Crippen LogP contribution in [0.3, 0.4) is 0 Å². The van der Waals surface area contributed by atoms with Crippen molar-refractivity contribution in [2.45, 2.75) is 51.4 Å². The SMILES string of the molecule is Nc1nc(N2C(=O)C3CCCCC3C2=O)nc(N2C(=O)C3CCCCC3C2=O)n1. The summed E-state index contributed by atoms with van der Waals surface area (Å²) >= 11 is 0. The van der Waals surface area contributed by atoms with Gasteiger partial charge in [-0.25, -0.2) is 9.80 Å². The molecule has 29 heavy (non-hydrogen) atoms. The molecular weight excluding hydrogens is 376 g/mol. The molecule has 152 valence electrons. The van der Waals surface area contributed by atoms with Crippen LogP contribution in [-0.2, 0) is 19.2 Å². The fourth-order valence-electron chi connectivity index (χ4n) is 5.29. The van der Waals surface area contributed by atoms with Crippen molar-refractivity contribution in [2.75, 3.05) is 15.5 Å². The number of nitrogen functional groups attached to an aromatic ring is 1. The minimum absolute atomic E-state index is 0.202. The number of nitrogens with zero attached hydrogens (tertiary/aromatic N) is 5. The second-order valence-corrected chi connectivity index (χ2v) is 8.31. The molecule has 1 aromatic rings. The molecule has 4 atom stereocenters. The molecule has 10 nitrogen and oxygen atoms in total. The van der Waals surface area contributed by atoms with Gasteiger partial charge >= 0.3 is 0 Å². The molecule has 2 saturated carbocycles. The molecule has 4 amide bonds. The summed E-state index contributed by atoms with van der Waals surface area (Å²) in [5.74, 6) is -3.48. The lowest BCUT2D eigenvalue weighted by molar-refractivity contribution is -0.124. The fourth-order valence-corrected chi connectivity index (χ4v) is 5.29. The number of nitrogens with two attached hydrogens (primary N) is 1. The predicted molar refractivity (Wildman–Crippen MR) is 100 cm³/mol. The Morgan fingerprint density at radius 3 is 1.21 bits per heavy atom. The first-order valence-electron chi connectivity index (χ1n) is 10.2. The van der Waals surface area contributed by atoms with Gasteiger partial charge in [-0.2, -0.15) is 15.0 Å². The number of fused-ring (bicyclic) bond motifs is 2. The maximum absolute atomic E-state index is 12.8. The standard InChI is InChI=1S/C19H22N6O4/c20-17-21-18(24-13(26)9-5-1-2-6-10(9)14(24)27)23-19(22-17)25-15(28)11-7-3-4-8-12(11)16(25)29/h9-12H,1-8H2,(H2,20,21,22,23). The highest BCUT2D eigenvalue weighted by Gasteiger charge is 2.52. The number of carbonyl (C=O) groups is 4. The van der Waals surface area contributed by atoms with Crippen molar-refractivity contribution in [2.24, 2.45) is 23.7 Å². The molecule has 4 fully saturated rings. The molecule has 2 saturated heterocycles. The molecule has 2 aliphatic heterocycles. The summed E-state index contributed by atoms with van der Waals surface area (Å²) in [7, 11) is 0. The first-order valence-corrected chi connectivity index (χ1v) is 10.2. The van der Waals surface area contributed by atoms with E-state index in [4.69, 9.17) is 5.73 Å². The molecule has 10 heteroatoms. The average molecular weight is 398 g/mol. The van der Waals surface area contributed by atoms with Crippen LogP contribution < -0.4 is 15.5 Å². The Balaban J connectivity index is 1.51. The van der Waals surface area contributed by atoms with E-state index in [1.165, 1.54) is 0 Å². The Bertz CT molecular complexity index is 815. The Kier molecular flexibility index (Phi) is 4.11. The predicted octanol–water partition coefficient (Wildman–Crippen LogP) is 0.813. The number of carbonyl (C=O) groups excluding carboxylic acids is 4. The number of amides is 4. The van der Waals surface area contributed by atoms with E-state index in [2.05, 4.69) is 15.0 Å². The van der Waals surface area contributed by atoms with E-state index in [-0.39, 0.29) is 65.1 Å². The summed E-state index contributed by atoms with van der Waals surface area (Å²) in [4.78, 5) is 65.4. The van der Waals surface area contributed by atoms with E-state index in [0.717, 1.165) is 35.5 Å². The van der Waals surface area contributed by atoms with Crippen LogP contribution in [0.2, 0.25) is 0 Å². The molecule has 0 aromatic carbocycles. The zero-order valence-electron chi connectivity index (χ0n) is 15.9. The minimum atomic E-state index is -0.365. The normalized spacial score (nSPS) is 32.0. The molecule has 3 heterocycles. The van der Waals surface area contributed by atoms with Crippen molar-refractivity contribution >= 4 is 41.5 Å². The van der Waals surface area contributed by atoms with Crippen LogP contribution >= 0.6 is 0 Å². The molecule has 0 spiro atoms. The van der Waals surface area contributed by atoms with Crippen LogP contribution in [0.1, 0.15) is 51.4 Å². The van der Waals surface area contributed by atoms with Crippen molar-refractivity contribution in [3.8, 4) is 0 Å². The molecule has 5 rings (SSSR count). The molecule has 0 bridgehead atoms. The topological polar surface area (TPSA) is 139 Å². The molecule has 0 radical (unpaired) electrons. The summed E-state index contributed by atoms with van der Waals surface area (Å²) < 4.78 is 0. The highest BCUT2D eigenvalue weighted by Crippen LogP contribution is 2.41. The van der Waals surface area contributed by atoms with E-state index in [1.54, 1.807) is 0 Å². The van der Waals surface area contributed by atoms with Crippen molar-refractivity contribution < 1.29 is 19.2 Å². The zero-order valence-corrected chi connectivity index (χ0v) is 15.9. The number of rotatable bonds is 2. The number of anilines is 3. The second-order valence-electron chi connectivity index (χ2n) is 8.31. The van der Waals surface area contributed by atoms with Gasteiger partial charge in [-0.1, -0.05) is 25.7 Å². The van der Waals surface area contributed by atoms with Crippen molar-refractivity contribution in [3.05, 3.63) is 0 Å². The molecule has 2 aliphatic carbocycles. The van der Waals surface area contributed by atoms with E-state index >= 15 is 0 Å². The number of imide groups is 2. The third-order valence-corrected chi connectivity index (χ3v) is 6.71. The highest BCUT2D eigenvalue weighted by molar-refractivity contribution is 6.22. The van der Waals surface area contributed by atoms with Gasteiger partial charge in [-0.15, -0.1) is 0 Å². The number of hydrogen-bond acceptors (Lipinski definition) is 8. The van der Waals surface area contributed by atoms with Gasteiger partial charge in [-0.05, 0) is 25.7 Å². The van der Waals surface area contributed by atoms with Gasteiger partial charge in [0.1, 0.15) is 0 Å². The third kappa shape index (κ3) is 2.65. The first-order chi connectivity index (χ1) is 14.0. The van der Waals surface area contributed by atoms with Crippen molar-refractivity contribution in [1.82, 2.24) is 15.0 Å². The van der Waals surface area contributed by atoms with Crippen LogP contribution in [0.25, 0.3) is 0 Å². The van der Waals surface area contributed by atoms with E-state index in [9.17, 15) is 19.2 Å². The lowest BCUT2D eigenvalue weighted by atomic mass is 9.81. The zero-order chi connectivity index (χ0) is 20.3. The van der Waals surface area contributed by atoms with Gasteiger partial charge in [-0.3, -0.25) is 19.2 Å². The molecule has 2 N–H and O–H groups in total. The lowest BCUT2D eigenvalue weighted by Gasteiger charge is -2.19. The minimum Gasteiger partial charge on any atom is -0.368 e. The van der Waals surface area contributed by atoms with Crippen LogP contribution in [0.5, 0.6) is 0 Å². The summed E-state index contributed by atoms with van der Waals surface area (Å²) in [6.07, 6.45) is 6.24. The third-order valence-electron chi connectivity index (χ3n) is 6.71. The lowest BCUT2D eigenvalue weighted by Crippen LogP contribution is -2.36. The van der Waals surface area contributed by atoms with E-state index in [0.29, 0.717) is 25.7 Å². The van der Waals surface area contributed by atoms with E-state index < -0.39 is 0 Å². The van der Waals surface area contributed by atoms with Gasteiger partial charge in [0.15, 0.2) is 0 Å². The molecule has 1 aromatic heterocycles. The van der Waals surface area contributed by atoms with Gasteiger partial charge in [0.2, 0.25) is 41.5 Å². The average Bonchev–Trinajstić information content (AvgIpc) is 3.13. The van der Waals surface area contributed by atoms with Gasteiger partial charge in [0, 0.05) is 0 Å². The molecule has 4 aliphatic rings. The van der Waals surface area contributed by atoms with Gasteiger partial charge in [0.25, 0.3) is 0 Å². The quantitative estimate of drug-likeness (QED) is 0.722. The smallest absolute Gasteiger partial charge is 0.245 e. The number of aromatic nitrogens is 3. The fraction of sp³-hybridized carbons (Fsp3) is 0.632. The van der Waals surface area contributed by atoms with E-state index in [1.807, 2.05) is 0 Å². The maximum Gasteiger partial charge on any atom is 0.245 e. The van der Waals surface area contributed by atoms with Crippen LogP contribution in [0.4, 0.5) is 17.8 Å². The Morgan fingerprint density at radius 1 is 0.586 bits per heavy atom. The van der Waals surface area contributed by atoms with Crippen molar-refractivity contribution in [1.29, 1.82) is 0 Å². The van der Waals surface area contributed by atoms with Crippen LogP contribution in [0, 0.1) is 23.7 Å².